The fourth-order valence-electron chi connectivity index (χ4n) is 2.10. The summed E-state index contributed by atoms with van der Waals surface area (Å²) in [5, 5.41) is 24.7. The van der Waals surface area contributed by atoms with Gasteiger partial charge in [-0.25, -0.2) is 0 Å². The van der Waals surface area contributed by atoms with Crippen LogP contribution in [0.25, 0.3) is 0 Å². The molecule has 0 aliphatic heterocycles. The van der Waals surface area contributed by atoms with Crippen LogP contribution in [0, 0.1) is 34.1 Å². The van der Waals surface area contributed by atoms with E-state index in [0.29, 0.717) is 5.69 Å². The number of carbonyl (C=O) groups excluding carboxylic acids is 1. The number of aryl methyl sites for hydroxylation is 1. The number of hydrogen-bond acceptors (Lipinski definition) is 5. The Labute approximate surface area is 131 Å². The largest absolute Gasteiger partial charge is 0.322 e. The highest BCUT2D eigenvalue weighted by Crippen LogP contribution is 2.29. The van der Waals surface area contributed by atoms with Gasteiger partial charge in [0, 0.05) is 17.8 Å². The second-order valence-corrected chi connectivity index (χ2v) is 4.92. The van der Waals surface area contributed by atoms with E-state index in [1.807, 2.05) is 0 Å². The fourth-order valence-corrected chi connectivity index (χ4v) is 2.10. The Morgan fingerprint density at radius 3 is 2.00 bits per heavy atom. The molecular formula is C15H13N3O5. The molecule has 0 heterocycles. The van der Waals surface area contributed by atoms with Gasteiger partial charge in [0.25, 0.3) is 17.3 Å². The van der Waals surface area contributed by atoms with Crippen LogP contribution < -0.4 is 5.32 Å². The molecule has 0 aliphatic carbocycles. The molecule has 0 bridgehead atoms. The predicted octanol–water partition coefficient (Wildman–Crippen LogP) is 3.37. The van der Waals surface area contributed by atoms with Crippen LogP contribution >= 0.6 is 0 Å². The van der Waals surface area contributed by atoms with Crippen LogP contribution in [0.3, 0.4) is 0 Å². The summed E-state index contributed by atoms with van der Waals surface area (Å²) < 4.78 is 0. The Balaban J connectivity index is 2.46. The van der Waals surface area contributed by atoms with Gasteiger partial charge in [-0.1, -0.05) is 18.2 Å². The molecule has 0 atom stereocenters. The van der Waals surface area contributed by atoms with Crippen LogP contribution in [-0.4, -0.2) is 15.8 Å². The van der Waals surface area contributed by atoms with Crippen LogP contribution in [0.4, 0.5) is 17.1 Å². The summed E-state index contributed by atoms with van der Waals surface area (Å²) in [7, 11) is 0. The van der Waals surface area contributed by atoms with E-state index in [1.54, 1.807) is 31.2 Å². The molecule has 0 aromatic heterocycles. The van der Waals surface area contributed by atoms with E-state index in [9.17, 15) is 25.0 Å². The molecule has 1 N–H and O–H groups in total. The number of anilines is 1. The first kappa shape index (κ1) is 16.1. The molecule has 118 valence electrons. The summed E-state index contributed by atoms with van der Waals surface area (Å²) in [4.78, 5) is 32.9. The van der Waals surface area contributed by atoms with Crippen molar-refractivity contribution < 1.29 is 14.6 Å². The van der Waals surface area contributed by atoms with Gasteiger partial charge in [0.2, 0.25) is 0 Å². The summed E-state index contributed by atoms with van der Waals surface area (Å²) in [6.07, 6.45) is 0. The number of carbonyl (C=O) groups is 1. The lowest BCUT2D eigenvalue weighted by Gasteiger charge is -2.09. The lowest BCUT2D eigenvalue weighted by molar-refractivity contribution is -0.395. The number of para-hydroxylation sites is 1. The third kappa shape index (κ3) is 3.31. The van der Waals surface area contributed by atoms with Crippen molar-refractivity contribution in [2.24, 2.45) is 0 Å². The van der Waals surface area contributed by atoms with Gasteiger partial charge < -0.3 is 5.32 Å². The third-order valence-corrected chi connectivity index (χ3v) is 3.40. The lowest BCUT2D eigenvalue weighted by Crippen LogP contribution is -2.14. The van der Waals surface area contributed by atoms with E-state index in [0.717, 1.165) is 17.7 Å². The van der Waals surface area contributed by atoms with Crippen molar-refractivity contribution in [1.82, 2.24) is 0 Å². The summed E-state index contributed by atoms with van der Waals surface area (Å²) in [6, 6.07) is 9.06. The first-order valence-electron chi connectivity index (χ1n) is 6.61. The number of nitro benzene ring substituents is 2. The van der Waals surface area contributed by atoms with Crippen molar-refractivity contribution in [2.75, 3.05) is 5.32 Å². The van der Waals surface area contributed by atoms with Gasteiger partial charge in [0.15, 0.2) is 0 Å². The van der Waals surface area contributed by atoms with Crippen molar-refractivity contribution in [3.63, 3.8) is 0 Å². The Bertz CT molecular complexity index is 782. The van der Waals surface area contributed by atoms with Crippen LogP contribution in [0.2, 0.25) is 0 Å². The third-order valence-electron chi connectivity index (χ3n) is 3.40. The molecule has 0 saturated carbocycles. The van der Waals surface area contributed by atoms with Crippen LogP contribution in [0.15, 0.2) is 36.4 Å². The number of nitro groups is 2. The summed E-state index contributed by atoms with van der Waals surface area (Å²) in [6.45, 7) is 3.06. The maximum absolute atomic E-state index is 12.3. The van der Waals surface area contributed by atoms with Crippen molar-refractivity contribution >= 4 is 23.0 Å². The number of nitrogens with zero attached hydrogens (tertiary/aromatic N) is 2. The summed E-state index contributed by atoms with van der Waals surface area (Å²) >= 11 is 0. The molecule has 2 rings (SSSR count). The van der Waals surface area contributed by atoms with Crippen LogP contribution in [-0.2, 0) is 0 Å². The molecule has 2 aromatic rings. The van der Waals surface area contributed by atoms with Gasteiger partial charge in [-0.2, -0.15) is 0 Å². The zero-order valence-electron chi connectivity index (χ0n) is 12.4. The average Bonchev–Trinajstić information content (AvgIpc) is 2.49. The smallest absolute Gasteiger partial charge is 0.279 e. The van der Waals surface area contributed by atoms with Crippen molar-refractivity contribution in [1.29, 1.82) is 0 Å². The van der Waals surface area contributed by atoms with Gasteiger partial charge in [0.05, 0.1) is 15.4 Å². The SMILES string of the molecule is Cc1ccccc1NC(=O)c1cc([N+](=O)[O-])c(C)c([N+](=O)[O-])c1. The van der Waals surface area contributed by atoms with E-state index >= 15 is 0 Å². The number of rotatable bonds is 4. The Morgan fingerprint density at radius 1 is 1.00 bits per heavy atom. The quantitative estimate of drug-likeness (QED) is 0.686. The molecule has 23 heavy (non-hydrogen) atoms. The molecule has 0 fully saturated rings. The standard InChI is InChI=1S/C15H13N3O5/c1-9-5-3-4-6-12(9)16-15(19)11-7-13(17(20)21)10(2)14(8-11)18(22)23/h3-8H,1-2H3,(H,16,19). The van der Waals surface area contributed by atoms with Crippen LogP contribution in [0.5, 0.6) is 0 Å². The van der Waals surface area contributed by atoms with Crippen LogP contribution in [0.1, 0.15) is 21.5 Å². The summed E-state index contributed by atoms with van der Waals surface area (Å²) in [5.74, 6) is -0.648. The topological polar surface area (TPSA) is 115 Å². The minimum absolute atomic E-state index is 0.0903. The summed E-state index contributed by atoms with van der Waals surface area (Å²) in [5.41, 5.74) is 0.174. The number of amides is 1. The lowest BCUT2D eigenvalue weighted by atomic mass is 10.1. The molecule has 0 spiro atoms. The minimum Gasteiger partial charge on any atom is -0.322 e. The fraction of sp³-hybridized carbons (Fsp3) is 0.133. The maximum Gasteiger partial charge on any atom is 0.279 e. The molecule has 0 aliphatic rings. The molecule has 0 saturated heterocycles. The Morgan fingerprint density at radius 2 is 1.52 bits per heavy atom. The number of nitrogens with one attached hydrogen (secondary N) is 1. The molecule has 2 aromatic carbocycles. The Hall–Kier alpha value is -3.29. The zero-order valence-corrected chi connectivity index (χ0v) is 12.4. The maximum atomic E-state index is 12.3. The van der Waals surface area contributed by atoms with E-state index in [4.69, 9.17) is 0 Å². The highest BCUT2D eigenvalue weighted by Gasteiger charge is 2.25. The minimum atomic E-state index is -0.743. The number of benzene rings is 2. The molecule has 1 amide bonds. The van der Waals surface area contributed by atoms with Gasteiger partial charge in [-0.3, -0.25) is 25.0 Å². The van der Waals surface area contributed by atoms with Crippen molar-refractivity contribution in [2.45, 2.75) is 13.8 Å². The predicted molar refractivity (Wildman–Crippen MR) is 83.6 cm³/mol. The Kier molecular flexibility index (Phi) is 4.35. The van der Waals surface area contributed by atoms with Gasteiger partial charge in [-0.05, 0) is 25.5 Å². The van der Waals surface area contributed by atoms with E-state index in [1.165, 1.54) is 6.92 Å². The monoisotopic (exact) mass is 315 g/mol. The second-order valence-electron chi connectivity index (χ2n) is 4.92. The molecule has 8 heteroatoms. The average molecular weight is 315 g/mol. The van der Waals surface area contributed by atoms with E-state index in [-0.39, 0.29) is 11.1 Å². The molecule has 0 unspecified atom stereocenters. The van der Waals surface area contributed by atoms with Gasteiger partial charge >= 0.3 is 0 Å². The first-order valence-corrected chi connectivity index (χ1v) is 6.61. The molecule has 8 nitrogen and oxygen atoms in total. The van der Waals surface area contributed by atoms with Crippen molar-refractivity contribution in [3.8, 4) is 0 Å². The van der Waals surface area contributed by atoms with Crippen molar-refractivity contribution in [3.05, 3.63) is 73.3 Å². The second kappa shape index (κ2) is 6.22. The molecule has 0 radical (unpaired) electrons. The molecular weight excluding hydrogens is 302 g/mol. The zero-order chi connectivity index (χ0) is 17.1. The van der Waals surface area contributed by atoms with Gasteiger partial charge in [0.1, 0.15) is 5.56 Å². The van der Waals surface area contributed by atoms with E-state index in [2.05, 4.69) is 5.32 Å². The first-order chi connectivity index (χ1) is 10.8. The van der Waals surface area contributed by atoms with Gasteiger partial charge in [-0.15, -0.1) is 0 Å². The highest BCUT2D eigenvalue weighted by molar-refractivity contribution is 6.05. The number of hydrogen-bond donors (Lipinski definition) is 1. The van der Waals surface area contributed by atoms with E-state index < -0.39 is 27.1 Å². The normalized spacial score (nSPS) is 10.2. The highest BCUT2D eigenvalue weighted by atomic mass is 16.6.